The summed E-state index contributed by atoms with van der Waals surface area (Å²) in [5, 5.41) is 8.89. The number of hydrogen-bond donors (Lipinski definition) is 1. The van der Waals surface area contributed by atoms with Crippen molar-refractivity contribution < 1.29 is 14.8 Å². The van der Waals surface area contributed by atoms with Gasteiger partial charge in [0.1, 0.15) is 6.20 Å². The van der Waals surface area contributed by atoms with E-state index < -0.39 is 5.97 Å². The molecular weight excluding hydrogens is 178 g/mol. The van der Waals surface area contributed by atoms with Crippen LogP contribution >= 0.6 is 0 Å². The Labute approximate surface area is 85.7 Å². The van der Waals surface area contributed by atoms with Crippen LogP contribution in [0.3, 0.4) is 0 Å². The summed E-state index contributed by atoms with van der Waals surface area (Å²) in [4.78, 5) is 10.4. The summed E-state index contributed by atoms with van der Waals surface area (Å²) in [7, 11) is 0. The normalized spacial score (nSPS) is 18.5. The van der Waals surface area contributed by atoms with E-state index in [2.05, 4.69) is 32.3 Å². The van der Waals surface area contributed by atoms with E-state index in [1.165, 1.54) is 29.9 Å². The van der Waals surface area contributed by atoms with E-state index >= 15 is 0 Å². The SMILES string of the molecule is CC(=O)[O-].CCC[NH+]1C=CC(CC)=C1. The van der Waals surface area contributed by atoms with Gasteiger partial charge in [-0.25, -0.2) is 0 Å². The van der Waals surface area contributed by atoms with Gasteiger partial charge in [0, 0.05) is 17.6 Å². The van der Waals surface area contributed by atoms with E-state index in [1.807, 2.05) is 0 Å². The van der Waals surface area contributed by atoms with Crippen LogP contribution < -0.4 is 10.0 Å². The molecule has 80 valence electrons. The number of allylic oxidation sites excluding steroid dienone is 2. The highest BCUT2D eigenvalue weighted by atomic mass is 16.4. The Morgan fingerprint density at radius 3 is 2.43 bits per heavy atom. The number of quaternary nitrogens is 1. The summed E-state index contributed by atoms with van der Waals surface area (Å²) in [6, 6.07) is 0. The molecule has 1 N–H and O–H groups in total. The zero-order valence-corrected chi connectivity index (χ0v) is 9.17. The molecule has 0 bridgehead atoms. The highest BCUT2D eigenvalue weighted by Crippen LogP contribution is 2.01. The minimum Gasteiger partial charge on any atom is -0.550 e. The molecular formula is C11H19NO2. The number of carboxylic acids is 1. The van der Waals surface area contributed by atoms with Crippen LogP contribution in [0.15, 0.2) is 24.0 Å². The molecule has 1 aliphatic heterocycles. The van der Waals surface area contributed by atoms with Crippen LogP contribution in [-0.2, 0) is 4.79 Å². The first kappa shape index (κ1) is 12.9. The zero-order valence-electron chi connectivity index (χ0n) is 9.17. The second kappa shape index (κ2) is 7.33. The molecule has 0 amide bonds. The molecule has 0 aromatic rings. The highest BCUT2D eigenvalue weighted by molar-refractivity contribution is 5.60. The van der Waals surface area contributed by atoms with E-state index in [9.17, 15) is 0 Å². The summed E-state index contributed by atoms with van der Waals surface area (Å²) in [5.41, 5.74) is 1.48. The molecule has 0 saturated carbocycles. The van der Waals surface area contributed by atoms with Gasteiger partial charge in [-0.15, -0.1) is 0 Å². The van der Waals surface area contributed by atoms with E-state index in [4.69, 9.17) is 9.90 Å². The lowest BCUT2D eigenvalue weighted by Crippen LogP contribution is -3.01. The fourth-order valence-corrected chi connectivity index (χ4v) is 1.21. The van der Waals surface area contributed by atoms with Gasteiger partial charge in [0.2, 0.25) is 0 Å². The first-order chi connectivity index (χ1) is 6.60. The molecule has 1 rings (SSSR count). The van der Waals surface area contributed by atoms with E-state index in [0.29, 0.717) is 0 Å². The molecule has 0 aromatic heterocycles. The zero-order chi connectivity index (χ0) is 11.0. The van der Waals surface area contributed by atoms with Gasteiger partial charge in [0.05, 0.1) is 12.7 Å². The van der Waals surface area contributed by atoms with Crippen molar-refractivity contribution in [3.8, 4) is 0 Å². The Balaban J connectivity index is 0.000000364. The molecule has 0 radical (unpaired) electrons. The smallest absolute Gasteiger partial charge is 0.102 e. The van der Waals surface area contributed by atoms with Crippen molar-refractivity contribution in [3.05, 3.63) is 24.0 Å². The van der Waals surface area contributed by atoms with Crippen molar-refractivity contribution in [1.29, 1.82) is 0 Å². The number of hydrogen-bond acceptors (Lipinski definition) is 2. The summed E-state index contributed by atoms with van der Waals surface area (Å²) in [5.74, 6) is -1.08. The monoisotopic (exact) mass is 197 g/mol. The average molecular weight is 197 g/mol. The maximum Gasteiger partial charge on any atom is 0.102 e. The van der Waals surface area contributed by atoms with Crippen molar-refractivity contribution in [2.75, 3.05) is 6.54 Å². The molecule has 1 unspecified atom stereocenters. The lowest BCUT2D eigenvalue weighted by atomic mass is 10.2. The summed E-state index contributed by atoms with van der Waals surface area (Å²) in [6.07, 6.45) is 9.20. The number of aliphatic carboxylic acids is 1. The molecule has 0 saturated heterocycles. The fraction of sp³-hybridized carbons (Fsp3) is 0.545. The summed E-state index contributed by atoms with van der Waals surface area (Å²) in [6.45, 7) is 6.63. The Bertz CT molecular complexity index is 227. The van der Waals surface area contributed by atoms with Crippen LogP contribution in [-0.4, -0.2) is 12.5 Å². The Morgan fingerprint density at radius 2 is 2.07 bits per heavy atom. The van der Waals surface area contributed by atoms with Gasteiger partial charge >= 0.3 is 0 Å². The van der Waals surface area contributed by atoms with Crippen LogP contribution in [0.25, 0.3) is 0 Å². The van der Waals surface area contributed by atoms with Crippen molar-refractivity contribution in [3.63, 3.8) is 0 Å². The van der Waals surface area contributed by atoms with E-state index in [-0.39, 0.29) is 0 Å². The quantitative estimate of drug-likeness (QED) is 0.684. The maximum absolute atomic E-state index is 8.89. The number of carbonyl (C=O) groups is 1. The lowest BCUT2D eigenvalue weighted by Gasteiger charge is -2.02. The van der Waals surface area contributed by atoms with Crippen LogP contribution in [0.4, 0.5) is 0 Å². The molecule has 1 aliphatic rings. The summed E-state index contributed by atoms with van der Waals surface area (Å²) < 4.78 is 0. The Morgan fingerprint density at radius 1 is 1.50 bits per heavy atom. The minimum atomic E-state index is -1.08. The number of nitrogens with one attached hydrogen (secondary N) is 1. The van der Waals surface area contributed by atoms with Crippen molar-refractivity contribution in [2.24, 2.45) is 0 Å². The summed E-state index contributed by atoms with van der Waals surface area (Å²) >= 11 is 0. The second-order valence-corrected chi connectivity index (χ2v) is 3.22. The third-order valence-electron chi connectivity index (χ3n) is 1.83. The molecule has 1 heterocycles. The average Bonchev–Trinajstić information content (AvgIpc) is 2.52. The van der Waals surface area contributed by atoms with Crippen molar-refractivity contribution in [1.82, 2.24) is 0 Å². The van der Waals surface area contributed by atoms with Crippen LogP contribution in [0, 0.1) is 0 Å². The van der Waals surface area contributed by atoms with Gasteiger partial charge in [0.15, 0.2) is 0 Å². The van der Waals surface area contributed by atoms with E-state index in [1.54, 1.807) is 0 Å². The van der Waals surface area contributed by atoms with Gasteiger partial charge < -0.3 is 9.90 Å². The second-order valence-electron chi connectivity index (χ2n) is 3.22. The highest BCUT2D eigenvalue weighted by Gasteiger charge is 2.07. The lowest BCUT2D eigenvalue weighted by molar-refractivity contribution is -0.787. The van der Waals surface area contributed by atoms with Gasteiger partial charge in [-0.05, 0) is 19.8 Å². The standard InChI is InChI=1S/C9H15N.C2H4O2/c1-3-6-10-7-5-9(4-2)8-10;1-2(3)4/h5,7-8H,3-4,6H2,1-2H3;1H3,(H,3,4). The third kappa shape index (κ3) is 6.43. The van der Waals surface area contributed by atoms with Crippen molar-refractivity contribution >= 4 is 5.97 Å². The van der Waals surface area contributed by atoms with Crippen molar-refractivity contribution in [2.45, 2.75) is 33.6 Å². The van der Waals surface area contributed by atoms with Crippen LogP contribution in [0.5, 0.6) is 0 Å². The predicted molar refractivity (Wildman–Crippen MR) is 54.3 cm³/mol. The fourth-order valence-electron chi connectivity index (χ4n) is 1.21. The van der Waals surface area contributed by atoms with Gasteiger partial charge in [-0.1, -0.05) is 13.8 Å². The van der Waals surface area contributed by atoms with Gasteiger partial charge in [0.25, 0.3) is 0 Å². The molecule has 3 heteroatoms. The number of carboxylic acid groups (broad SMARTS) is 1. The number of carbonyl (C=O) groups excluding carboxylic acids is 1. The molecule has 0 aromatic carbocycles. The Kier molecular flexibility index (Phi) is 6.76. The first-order valence-electron chi connectivity index (χ1n) is 5.02. The molecule has 0 spiro atoms. The minimum absolute atomic E-state index is 0.972. The molecule has 0 aliphatic carbocycles. The largest absolute Gasteiger partial charge is 0.550 e. The van der Waals surface area contributed by atoms with E-state index in [0.717, 1.165) is 6.92 Å². The van der Waals surface area contributed by atoms with Gasteiger partial charge in [-0.3, -0.25) is 4.90 Å². The predicted octanol–water partition coefficient (Wildman–Crippen LogP) is -0.141. The molecule has 0 fully saturated rings. The third-order valence-corrected chi connectivity index (χ3v) is 1.83. The topological polar surface area (TPSA) is 44.6 Å². The van der Waals surface area contributed by atoms with Crippen LogP contribution in [0.1, 0.15) is 33.6 Å². The molecule has 14 heavy (non-hydrogen) atoms. The molecule has 1 atom stereocenters. The van der Waals surface area contributed by atoms with Gasteiger partial charge in [-0.2, -0.15) is 0 Å². The Hall–Kier alpha value is -1.09. The van der Waals surface area contributed by atoms with Crippen LogP contribution in [0.2, 0.25) is 0 Å². The first-order valence-corrected chi connectivity index (χ1v) is 5.02. The maximum atomic E-state index is 8.89. The molecule has 3 nitrogen and oxygen atoms in total. The number of rotatable bonds is 3.